The number of nitriles is 1. The molecule has 5 aromatic carbocycles. The normalized spacial score (nSPS) is 11.4. The summed E-state index contributed by atoms with van der Waals surface area (Å²) >= 11 is 0. The lowest BCUT2D eigenvalue weighted by atomic mass is 9.96. The molecule has 0 saturated heterocycles. The van der Waals surface area contributed by atoms with Gasteiger partial charge in [-0.25, -0.2) is 4.98 Å². The number of hydrogen-bond donors (Lipinski definition) is 0. The van der Waals surface area contributed by atoms with Crippen molar-refractivity contribution in [3.8, 4) is 39.7 Å². The van der Waals surface area contributed by atoms with E-state index >= 15 is 0 Å². The summed E-state index contributed by atoms with van der Waals surface area (Å²) in [6, 6.07) is 39.1. The van der Waals surface area contributed by atoms with Gasteiger partial charge in [-0.3, -0.25) is 0 Å². The van der Waals surface area contributed by atoms with E-state index in [1.807, 2.05) is 60.7 Å². The van der Waals surface area contributed by atoms with Crippen LogP contribution >= 0.6 is 0 Å². The SMILES string of the molecule is Cn1c(-c2ccc(-c3ccc4oc5cccc(-c6cccc(C#N)c6)c5c4c3)cc2)nc2ccccc21. The van der Waals surface area contributed by atoms with Gasteiger partial charge >= 0.3 is 0 Å². The average Bonchev–Trinajstić information content (AvgIpc) is 3.50. The van der Waals surface area contributed by atoms with Crippen molar-refractivity contribution in [2.45, 2.75) is 0 Å². The van der Waals surface area contributed by atoms with E-state index in [9.17, 15) is 5.26 Å². The zero-order chi connectivity index (χ0) is 24.9. The third-order valence-electron chi connectivity index (χ3n) is 7.06. The Hall–Kier alpha value is -5.14. The summed E-state index contributed by atoms with van der Waals surface area (Å²) in [5.74, 6) is 0.952. The molecule has 0 unspecified atom stereocenters. The molecule has 4 nitrogen and oxygen atoms in total. The highest BCUT2D eigenvalue weighted by atomic mass is 16.3. The fourth-order valence-corrected chi connectivity index (χ4v) is 5.22. The lowest BCUT2D eigenvalue weighted by Gasteiger charge is -2.07. The van der Waals surface area contributed by atoms with Gasteiger partial charge in [-0.15, -0.1) is 0 Å². The third-order valence-corrected chi connectivity index (χ3v) is 7.06. The van der Waals surface area contributed by atoms with Crippen molar-refractivity contribution >= 4 is 33.0 Å². The average molecular weight is 476 g/mol. The maximum absolute atomic E-state index is 9.39. The zero-order valence-corrected chi connectivity index (χ0v) is 20.1. The summed E-state index contributed by atoms with van der Waals surface area (Å²) in [6.07, 6.45) is 0. The number of aryl methyl sites for hydroxylation is 1. The second-order valence-electron chi connectivity index (χ2n) is 9.24. The van der Waals surface area contributed by atoms with E-state index in [-0.39, 0.29) is 0 Å². The van der Waals surface area contributed by atoms with Crippen LogP contribution in [0.2, 0.25) is 0 Å². The summed E-state index contributed by atoms with van der Waals surface area (Å²) in [6.45, 7) is 0. The molecule has 0 amide bonds. The second-order valence-corrected chi connectivity index (χ2v) is 9.24. The fourth-order valence-electron chi connectivity index (χ4n) is 5.22. The molecule has 2 heterocycles. The van der Waals surface area contributed by atoms with Crippen LogP contribution in [0.5, 0.6) is 0 Å². The van der Waals surface area contributed by atoms with E-state index in [1.165, 1.54) is 0 Å². The standard InChI is InChI=1S/C33H21N3O/c1-36-29-10-3-2-9-28(29)35-33(36)23-14-12-22(13-15-23)24-16-17-30-27(19-24)32-26(8-5-11-31(32)37-30)25-7-4-6-21(18-25)20-34/h2-19H,1H3. The molecular formula is C33H21N3O. The lowest BCUT2D eigenvalue weighted by Crippen LogP contribution is -1.92. The van der Waals surface area contributed by atoms with Crippen LogP contribution in [0.1, 0.15) is 5.56 Å². The van der Waals surface area contributed by atoms with Gasteiger partial charge in [0.25, 0.3) is 0 Å². The van der Waals surface area contributed by atoms with Crippen molar-refractivity contribution in [2.75, 3.05) is 0 Å². The predicted octanol–water partition coefficient (Wildman–Crippen LogP) is 8.35. The van der Waals surface area contributed by atoms with Gasteiger partial charge in [-0.1, -0.05) is 66.7 Å². The molecule has 0 aliphatic rings. The van der Waals surface area contributed by atoms with Gasteiger partial charge in [-0.2, -0.15) is 5.26 Å². The molecule has 7 rings (SSSR count). The molecule has 0 radical (unpaired) electrons. The molecule has 174 valence electrons. The number of benzene rings is 5. The summed E-state index contributed by atoms with van der Waals surface area (Å²) in [5, 5.41) is 11.5. The van der Waals surface area contributed by atoms with Gasteiger partial charge in [0.2, 0.25) is 0 Å². The van der Waals surface area contributed by atoms with E-state index in [1.54, 1.807) is 0 Å². The first-order valence-electron chi connectivity index (χ1n) is 12.2. The maximum Gasteiger partial charge on any atom is 0.140 e. The number of rotatable bonds is 3. The van der Waals surface area contributed by atoms with E-state index in [4.69, 9.17) is 9.40 Å². The minimum atomic E-state index is 0.642. The molecule has 0 spiro atoms. The Morgan fingerprint density at radius 3 is 2.32 bits per heavy atom. The number of furan rings is 1. The highest BCUT2D eigenvalue weighted by Gasteiger charge is 2.14. The molecule has 2 aromatic heterocycles. The molecule has 0 saturated carbocycles. The summed E-state index contributed by atoms with van der Waals surface area (Å²) in [7, 11) is 2.06. The molecule has 4 heteroatoms. The number of para-hydroxylation sites is 2. The first-order chi connectivity index (χ1) is 18.2. The molecule has 0 N–H and O–H groups in total. The molecule has 0 fully saturated rings. The van der Waals surface area contributed by atoms with Gasteiger partial charge in [0.1, 0.15) is 17.0 Å². The quantitative estimate of drug-likeness (QED) is 0.258. The molecular weight excluding hydrogens is 454 g/mol. The summed E-state index contributed by atoms with van der Waals surface area (Å²) < 4.78 is 8.34. The van der Waals surface area contributed by atoms with Crippen molar-refractivity contribution in [1.29, 1.82) is 5.26 Å². The smallest absolute Gasteiger partial charge is 0.140 e. The Labute approximate surface area is 213 Å². The molecule has 0 bridgehead atoms. The first-order valence-corrected chi connectivity index (χ1v) is 12.2. The number of imidazole rings is 1. The van der Waals surface area contributed by atoms with Crippen LogP contribution in [-0.4, -0.2) is 9.55 Å². The topological polar surface area (TPSA) is 54.8 Å². The largest absolute Gasteiger partial charge is 0.456 e. The lowest BCUT2D eigenvalue weighted by molar-refractivity contribution is 0.669. The van der Waals surface area contributed by atoms with Crippen LogP contribution in [0.4, 0.5) is 0 Å². The van der Waals surface area contributed by atoms with Crippen LogP contribution in [0, 0.1) is 11.3 Å². The molecule has 0 aliphatic carbocycles. The van der Waals surface area contributed by atoms with E-state index in [0.29, 0.717) is 5.56 Å². The Bertz CT molecular complexity index is 2000. The molecule has 37 heavy (non-hydrogen) atoms. The number of hydrogen-bond acceptors (Lipinski definition) is 3. The summed E-state index contributed by atoms with van der Waals surface area (Å²) in [4.78, 5) is 4.83. The molecule has 0 atom stereocenters. The second kappa shape index (κ2) is 8.22. The van der Waals surface area contributed by atoms with E-state index in [2.05, 4.69) is 66.2 Å². The Kier molecular flexibility index (Phi) is 4.70. The Morgan fingerprint density at radius 1 is 0.703 bits per heavy atom. The van der Waals surface area contributed by atoms with Crippen molar-refractivity contribution < 1.29 is 4.42 Å². The van der Waals surface area contributed by atoms with Crippen molar-refractivity contribution in [3.63, 3.8) is 0 Å². The van der Waals surface area contributed by atoms with Gasteiger partial charge in [0.15, 0.2) is 0 Å². The summed E-state index contributed by atoms with van der Waals surface area (Å²) in [5.41, 5.74) is 9.83. The monoisotopic (exact) mass is 475 g/mol. The highest BCUT2D eigenvalue weighted by Crippen LogP contribution is 2.38. The first kappa shape index (κ1) is 21.2. The van der Waals surface area contributed by atoms with E-state index in [0.717, 1.165) is 66.6 Å². The minimum Gasteiger partial charge on any atom is -0.456 e. The molecule has 7 aromatic rings. The van der Waals surface area contributed by atoms with Crippen LogP contribution in [0.3, 0.4) is 0 Å². The van der Waals surface area contributed by atoms with Crippen molar-refractivity contribution in [3.05, 3.63) is 115 Å². The predicted molar refractivity (Wildman–Crippen MR) is 149 cm³/mol. The van der Waals surface area contributed by atoms with Crippen LogP contribution in [-0.2, 0) is 7.05 Å². The number of nitrogens with zero attached hydrogens (tertiary/aromatic N) is 3. The number of fused-ring (bicyclic) bond motifs is 4. The van der Waals surface area contributed by atoms with Crippen LogP contribution < -0.4 is 0 Å². The van der Waals surface area contributed by atoms with Gasteiger partial charge in [0, 0.05) is 23.4 Å². The van der Waals surface area contributed by atoms with Gasteiger partial charge < -0.3 is 8.98 Å². The van der Waals surface area contributed by atoms with Crippen molar-refractivity contribution in [2.24, 2.45) is 7.05 Å². The number of aromatic nitrogens is 2. The van der Waals surface area contributed by atoms with Gasteiger partial charge in [-0.05, 0) is 64.7 Å². The highest BCUT2D eigenvalue weighted by molar-refractivity contribution is 6.13. The third kappa shape index (κ3) is 3.41. The zero-order valence-electron chi connectivity index (χ0n) is 20.1. The fraction of sp³-hybridized carbons (Fsp3) is 0.0303. The van der Waals surface area contributed by atoms with Gasteiger partial charge in [0.05, 0.1) is 22.7 Å². The Balaban J connectivity index is 1.33. The van der Waals surface area contributed by atoms with E-state index < -0.39 is 0 Å². The maximum atomic E-state index is 9.39. The van der Waals surface area contributed by atoms with Crippen LogP contribution in [0.15, 0.2) is 114 Å². The minimum absolute atomic E-state index is 0.642. The van der Waals surface area contributed by atoms with Crippen LogP contribution in [0.25, 0.3) is 66.6 Å². The Morgan fingerprint density at radius 2 is 1.49 bits per heavy atom. The van der Waals surface area contributed by atoms with Crippen molar-refractivity contribution in [1.82, 2.24) is 9.55 Å². The molecule has 0 aliphatic heterocycles.